The molecule has 0 aliphatic carbocycles. The first kappa shape index (κ1) is 17.1. The Morgan fingerprint density at radius 3 is 3.00 bits per heavy atom. The number of nitrogens with one attached hydrogen (secondary N) is 1. The summed E-state index contributed by atoms with van der Waals surface area (Å²) in [5.41, 5.74) is 1.28. The van der Waals surface area contributed by atoms with E-state index in [9.17, 15) is 14.0 Å². The van der Waals surface area contributed by atoms with Crippen molar-refractivity contribution in [2.75, 3.05) is 5.75 Å². The van der Waals surface area contributed by atoms with Crippen molar-refractivity contribution in [1.29, 1.82) is 0 Å². The molecule has 0 saturated heterocycles. The van der Waals surface area contributed by atoms with Gasteiger partial charge in [0.05, 0.1) is 5.52 Å². The maximum Gasteiger partial charge on any atom is 0.278 e. The van der Waals surface area contributed by atoms with Crippen LogP contribution < -0.4 is 10.9 Å². The number of rotatable bonds is 3. The van der Waals surface area contributed by atoms with E-state index in [0.29, 0.717) is 33.6 Å². The molecule has 0 saturated carbocycles. The highest BCUT2D eigenvalue weighted by Crippen LogP contribution is 2.30. The van der Waals surface area contributed by atoms with Crippen LogP contribution in [0, 0.1) is 5.82 Å². The molecule has 0 bridgehead atoms. The van der Waals surface area contributed by atoms with Gasteiger partial charge in [-0.3, -0.25) is 14.2 Å². The van der Waals surface area contributed by atoms with Crippen LogP contribution in [0.15, 0.2) is 28.2 Å². The molecule has 1 aromatic carbocycles. The standard InChI is InChI=1S/C18H19FN4O2S/c1-10(2)20-14(24)9-23-13-5-4-11(19)8-12(13)15-16(23)17(25)22-6-3-7-26-18(22)21-15/h4-5,8,10H,3,6-7,9H2,1-2H3,(H,20,24). The van der Waals surface area contributed by atoms with Gasteiger partial charge < -0.3 is 9.88 Å². The van der Waals surface area contributed by atoms with Crippen molar-refractivity contribution in [3.05, 3.63) is 34.4 Å². The van der Waals surface area contributed by atoms with E-state index in [-0.39, 0.29) is 24.1 Å². The van der Waals surface area contributed by atoms with Crippen LogP contribution in [-0.4, -0.2) is 31.8 Å². The second-order valence-corrected chi connectivity index (χ2v) is 7.78. The summed E-state index contributed by atoms with van der Waals surface area (Å²) < 4.78 is 17.2. The summed E-state index contributed by atoms with van der Waals surface area (Å²) in [5, 5.41) is 4.05. The molecule has 2 aromatic heterocycles. The predicted octanol–water partition coefficient (Wildman–Crippen LogP) is 2.51. The number of amides is 1. The summed E-state index contributed by atoms with van der Waals surface area (Å²) >= 11 is 1.53. The molecule has 1 amide bonds. The van der Waals surface area contributed by atoms with Crippen LogP contribution in [-0.2, 0) is 17.9 Å². The van der Waals surface area contributed by atoms with E-state index in [2.05, 4.69) is 10.3 Å². The third-order valence-corrected chi connectivity index (χ3v) is 5.46. The van der Waals surface area contributed by atoms with E-state index in [1.54, 1.807) is 15.2 Å². The molecule has 1 aliphatic heterocycles. The molecule has 1 aliphatic rings. The monoisotopic (exact) mass is 374 g/mol. The number of carbonyl (C=O) groups excluding carboxylic acids is 1. The van der Waals surface area contributed by atoms with Gasteiger partial charge in [-0.2, -0.15) is 0 Å². The molecule has 3 aromatic rings. The zero-order chi connectivity index (χ0) is 18.4. The van der Waals surface area contributed by atoms with E-state index < -0.39 is 5.82 Å². The Balaban J connectivity index is 2.01. The number of hydrogen-bond donors (Lipinski definition) is 1. The topological polar surface area (TPSA) is 68.9 Å². The van der Waals surface area contributed by atoms with Crippen molar-refractivity contribution in [1.82, 2.24) is 19.4 Å². The van der Waals surface area contributed by atoms with E-state index in [4.69, 9.17) is 0 Å². The summed E-state index contributed by atoms with van der Waals surface area (Å²) in [7, 11) is 0. The van der Waals surface area contributed by atoms with Crippen molar-refractivity contribution in [2.45, 2.75) is 44.6 Å². The minimum atomic E-state index is -0.393. The molecule has 4 rings (SSSR count). The van der Waals surface area contributed by atoms with Crippen LogP contribution in [0.2, 0.25) is 0 Å². The Kier molecular flexibility index (Phi) is 4.22. The maximum absolute atomic E-state index is 13.8. The highest BCUT2D eigenvalue weighted by molar-refractivity contribution is 7.99. The van der Waals surface area contributed by atoms with E-state index in [1.165, 1.54) is 23.9 Å². The number of hydrogen-bond acceptors (Lipinski definition) is 4. The Morgan fingerprint density at radius 2 is 2.23 bits per heavy atom. The molecular weight excluding hydrogens is 355 g/mol. The summed E-state index contributed by atoms with van der Waals surface area (Å²) in [6.45, 7) is 4.36. The molecule has 136 valence electrons. The van der Waals surface area contributed by atoms with Gasteiger partial charge in [-0.1, -0.05) is 11.8 Å². The number of nitrogens with zero attached hydrogens (tertiary/aromatic N) is 3. The lowest BCUT2D eigenvalue weighted by Crippen LogP contribution is -2.34. The van der Waals surface area contributed by atoms with E-state index in [1.807, 2.05) is 13.8 Å². The number of halogens is 1. The quantitative estimate of drug-likeness (QED) is 0.716. The van der Waals surface area contributed by atoms with Crippen molar-refractivity contribution < 1.29 is 9.18 Å². The summed E-state index contributed by atoms with van der Waals surface area (Å²) in [5.74, 6) is 0.317. The largest absolute Gasteiger partial charge is 0.352 e. The Morgan fingerprint density at radius 1 is 1.42 bits per heavy atom. The minimum absolute atomic E-state index is 0.00332. The van der Waals surface area contributed by atoms with Crippen LogP contribution in [0.3, 0.4) is 0 Å². The molecule has 26 heavy (non-hydrogen) atoms. The number of carbonyl (C=O) groups is 1. The number of aromatic nitrogens is 3. The third-order valence-electron chi connectivity index (χ3n) is 4.39. The van der Waals surface area contributed by atoms with Gasteiger partial charge >= 0.3 is 0 Å². The fourth-order valence-electron chi connectivity index (χ4n) is 3.38. The minimum Gasteiger partial charge on any atom is -0.352 e. The zero-order valence-corrected chi connectivity index (χ0v) is 15.4. The lowest BCUT2D eigenvalue weighted by Gasteiger charge is -2.17. The average molecular weight is 374 g/mol. The second-order valence-electron chi connectivity index (χ2n) is 6.72. The number of benzene rings is 1. The number of thioether (sulfide) groups is 1. The van der Waals surface area contributed by atoms with Gasteiger partial charge in [-0.15, -0.1) is 0 Å². The van der Waals surface area contributed by atoms with Crippen molar-refractivity contribution in [2.24, 2.45) is 0 Å². The zero-order valence-electron chi connectivity index (χ0n) is 14.6. The molecule has 0 radical (unpaired) electrons. The first-order valence-electron chi connectivity index (χ1n) is 8.60. The molecule has 1 N–H and O–H groups in total. The first-order valence-corrected chi connectivity index (χ1v) is 9.58. The van der Waals surface area contributed by atoms with Gasteiger partial charge in [0.1, 0.15) is 23.4 Å². The molecule has 6 nitrogen and oxygen atoms in total. The average Bonchev–Trinajstić information content (AvgIpc) is 2.88. The molecule has 0 fully saturated rings. The van der Waals surface area contributed by atoms with Crippen LogP contribution in [0.5, 0.6) is 0 Å². The van der Waals surface area contributed by atoms with Crippen molar-refractivity contribution >= 4 is 39.6 Å². The molecule has 0 spiro atoms. The van der Waals surface area contributed by atoms with Gasteiger partial charge in [-0.05, 0) is 38.5 Å². The van der Waals surface area contributed by atoms with Crippen molar-refractivity contribution in [3.8, 4) is 0 Å². The first-order chi connectivity index (χ1) is 12.5. The van der Waals surface area contributed by atoms with Gasteiger partial charge in [0.15, 0.2) is 5.16 Å². The van der Waals surface area contributed by atoms with Gasteiger partial charge in [0, 0.05) is 23.7 Å². The maximum atomic E-state index is 13.8. The highest BCUT2D eigenvalue weighted by Gasteiger charge is 2.22. The molecular formula is C18H19FN4O2S. The summed E-state index contributed by atoms with van der Waals surface area (Å²) in [6, 6.07) is 4.32. The van der Waals surface area contributed by atoms with Crippen LogP contribution >= 0.6 is 11.8 Å². The second kappa shape index (κ2) is 6.42. The summed E-state index contributed by atoms with van der Waals surface area (Å²) in [4.78, 5) is 30.1. The van der Waals surface area contributed by atoms with Gasteiger partial charge in [0.25, 0.3) is 5.56 Å². The van der Waals surface area contributed by atoms with Gasteiger partial charge in [-0.25, -0.2) is 9.37 Å². The molecule has 0 atom stereocenters. The van der Waals surface area contributed by atoms with E-state index in [0.717, 1.165) is 12.2 Å². The number of fused-ring (bicyclic) bond motifs is 4. The summed E-state index contributed by atoms with van der Waals surface area (Å²) in [6.07, 6.45) is 0.896. The fraction of sp³-hybridized carbons (Fsp3) is 0.389. The normalized spacial score (nSPS) is 14.2. The lowest BCUT2D eigenvalue weighted by atomic mass is 10.2. The molecule has 8 heteroatoms. The van der Waals surface area contributed by atoms with E-state index >= 15 is 0 Å². The molecule has 0 unspecified atom stereocenters. The third kappa shape index (κ3) is 2.78. The van der Waals surface area contributed by atoms with Crippen molar-refractivity contribution in [3.63, 3.8) is 0 Å². The predicted molar refractivity (Wildman–Crippen MR) is 100 cm³/mol. The SMILES string of the molecule is CC(C)NC(=O)Cn1c2ccc(F)cc2c2nc3n(c(=O)c21)CCCS3. The molecule has 3 heterocycles. The van der Waals surface area contributed by atoms with Crippen LogP contribution in [0.25, 0.3) is 21.9 Å². The van der Waals surface area contributed by atoms with Crippen LogP contribution in [0.1, 0.15) is 20.3 Å². The Labute approximate surface area is 153 Å². The highest BCUT2D eigenvalue weighted by atomic mass is 32.2. The van der Waals surface area contributed by atoms with Gasteiger partial charge in [0.2, 0.25) is 5.91 Å². The van der Waals surface area contributed by atoms with Crippen LogP contribution in [0.4, 0.5) is 4.39 Å². The Hall–Kier alpha value is -2.35. The lowest BCUT2D eigenvalue weighted by molar-refractivity contribution is -0.122. The fourth-order valence-corrected chi connectivity index (χ4v) is 4.32. The Bertz CT molecular complexity index is 1090. The smallest absolute Gasteiger partial charge is 0.278 e.